The molecule has 4 heteroatoms. The number of nitrogens with zero attached hydrogens (tertiary/aromatic N) is 3. The summed E-state index contributed by atoms with van der Waals surface area (Å²) in [6.45, 7) is 2.97. The molecule has 1 aliphatic heterocycles. The van der Waals surface area contributed by atoms with Crippen molar-refractivity contribution in [1.29, 1.82) is 5.26 Å². The molecule has 1 aromatic carbocycles. The van der Waals surface area contributed by atoms with Crippen LogP contribution in [-0.4, -0.2) is 22.3 Å². The van der Waals surface area contributed by atoms with E-state index in [1.807, 2.05) is 25.2 Å². The number of aryl methyl sites for hydroxylation is 1. The monoisotopic (exact) mass is 255 g/mol. The van der Waals surface area contributed by atoms with Crippen LogP contribution in [0.25, 0.3) is 11.0 Å². The van der Waals surface area contributed by atoms with Gasteiger partial charge in [-0.25, -0.2) is 4.98 Å². The topological polar surface area (TPSA) is 50.8 Å². The molecular weight excluding hydrogens is 238 g/mol. The number of aromatic nitrogens is 2. The van der Waals surface area contributed by atoms with Crippen molar-refractivity contribution in [2.75, 3.05) is 6.61 Å². The molecule has 3 rings (SSSR count). The first-order valence-electron chi connectivity index (χ1n) is 6.72. The molecule has 2 heterocycles. The van der Waals surface area contributed by atoms with Crippen molar-refractivity contribution < 1.29 is 4.74 Å². The Kier molecular flexibility index (Phi) is 3.00. The van der Waals surface area contributed by atoms with E-state index in [0.717, 1.165) is 36.3 Å². The fourth-order valence-corrected chi connectivity index (χ4v) is 2.96. The van der Waals surface area contributed by atoms with Gasteiger partial charge in [0.1, 0.15) is 5.82 Å². The SMILES string of the molecule is CCC1OCCC1c1nc2ccc(C#N)cc2n1C. The lowest BCUT2D eigenvalue weighted by molar-refractivity contribution is 0.0991. The molecule has 2 atom stereocenters. The summed E-state index contributed by atoms with van der Waals surface area (Å²) >= 11 is 0. The second-order valence-corrected chi connectivity index (χ2v) is 5.06. The second kappa shape index (κ2) is 4.67. The van der Waals surface area contributed by atoms with Crippen molar-refractivity contribution in [2.24, 2.45) is 7.05 Å². The fourth-order valence-electron chi connectivity index (χ4n) is 2.96. The van der Waals surface area contributed by atoms with E-state index in [-0.39, 0.29) is 6.10 Å². The third-order valence-electron chi connectivity index (χ3n) is 3.99. The molecule has 0 N–H and O–H groups in total. The molecule has 0 aliphatic carbocycles. The lowest BCUT2D eigenvalue weighted by Gasteiger charge is -2.16. The van der Waals surface area contributed by atoms with E-state index in [4.69, 9.17) is 15.0 Å². The van der Waals surface area contributed by atoms with Crippen LogP contribution in [0.1, 0.15) is 37.1 Å². The third-order valence-corrected chi connectivity index (χ3v) is 3.99. The minimum absolute atomic E-state index is 0.269. The Morgan fingerprint density at radius 1 is 1.53 bits per heavy atom. The highest BCUT2D eigenvalue weighted by Crippen LogP contribution is 2.33. The summed E-state index contributed by atoms with van der Waals surface area (Å²) in [7, 11) is 2.02. The first-order valence-corrected chi connectivity index (χ1v) is 6.72. The Labute approximate surface area is 112 Å². The maximum atomic E-state index is 8.99. The fraction of sp³-hybridized carbons (Fsp3) is 0.467. The third kappa shape index (κ3) is 1.91. The normalized spacial score (nSPS) is 22.8. The quantitative estimate of drug-likeness (QED) is 0.829. The molecular formula is C15H17N3O. The number of benzene rings is 1. The smallest absolute Gasteiger partial charge is 0.115 e. The van der Waals surface area contributed by atoms with Crippen molar-refractivity contribution in [3.05, 3.63) is 29.6 Å². The maximum Gasteiger partial charge on any atom is 0.115 e. The molecule has 0 spiro atoms. The molecule has 1 aliphatic rings. The molecule has 1 fully saturated rings. The van der Waals surface area contributed by atoms with Crippen molar-refractivity contribution in [1.82, 2.24) is 9.55 Å². The predicted molar refractivity (Wildman–Crippen MR) is 72.8 cm³/mol. The van der Waals surface area contributed by atoms with Crippen molar-refractivity contribution in [3.63, 3.8) is 0 Å². The highest BCUT2D eigenvalue weighted by atomic mass is 16.5. The van der Waals surface area contributed by atoms with Crippen LogP contribution in [0.15, 0.2) is 18.2 Å². The van der Waals surface area contributed by atoms with Crippen molar-refractivity contribution in [3.8, 4) is 6.07 Å². The van der Waals surface area contributed by atoms with Gasteiger partial charge in [-0.05, 0) is 31.0 Å². The molecule has 1 aromatic heterocycles. The minimum atomic E-state index is 0.269. The first-order chi connectivity index (χ1) is 9.24. The van der Waals surface area contributed by atoms with Crippen LogP contribution in [0, 0.1) is 11.3 Å². The van der Waals surface area contributed by atoms with Gasteiger partial charge in [0.25, 0.3) is 0 Å². The van der Waals surface area contributed by atoms with Crippen molar-refractivity contribution >= 4 is 11.0 Å². The highest BCUT2D eigenvalue weighted by molar-refractivity contribution is 5.77. The van der Waals surface area contributed by atoms with E-state index in [9.17, 15) is 0 Å². The molecule has 2 aromatic rings. The van der Waals surface area contributed by atoms with Crippen LogP contribution in [-0.2, 0) is 11.8 Å². The number of hydrogen-bond acceptors (Lipinski definition) is 3. The Bertz CT molecular complexity index is 653. The summed E-state index contributed by atoms with van der Waals surface area (Å²) in [4.78, 5) is 4.74. The van der Waals surface area contributed by atoms with Gasteiger partial charge in [0.05, 0.1) is 28.8 Å². The van der Waals surface area contributed by atoms with E-state index in [0.29, 0.717) is 11.5 Å². The molecule has 0 amide bonds. The highest BCUT2D eigenvalue weighted by Gasteiger charge is 2.31. The number of fused-ring (bicyclic) bond motifs is 1. The second-order valence-electron chi connectivity index (χ2n) is 5.06. The predicted octanol–water partition coefficient (Wildman–Crippen LogP) is 2.73. The summed E-state index contributed by atoms with van der Waals surface area (Å²) in [6.07, 6.45) is 2.31. The first kappa shape index (κ1) is 12.2. The zero-order chi connectivity index (χ0) is 13.4. The maximum absolute atomic E-state index is 8.99. The molecule has 0 bridgehead atoms. The summed E-state index contributed by atoms with van der Waals surface area (Å²) in [5, 5.41) is 8.99. The van der Waals surface area contributed by atoms with Crippen LogP contribution in [0.3, 0.4) is 0 Å². The number of imidazole rings is 1. The van der Waals surface area contributed by atoms with Crippen LogP contribution in [0.5, 0.6) is 0 Å². The van der Waals surface area contributed by atoms with Gasteiger partial charge < -0.3 is 9.30 Å². The Balaban J connectivity index is 2.10. The summed E-state index contributed by atoms with van der Waals surface area (Å²) in [5.41, 5.74) is 2.66. The lowest BCUT2D eigenvalue weighted by atomic mass is 9.99. The van der Waals surface area contributed by atoms with E-state index in [2.05, 4.69) is 17.6 Å². The van der Waals surface area contributed by atoms with Crippen LogP contribution < -0.4 is 0 Å². The largest absolute Gasteiger partial charge is 0.377 e. The molecule has 1 saturated heterocycles. The zero-order valence-corrected chi connectivity index (χ0v) is 11.3. The number of ether oxygens (including phenoxy) is 1. The Morgan fingerprint density at radius 2 is 2.37 bits per heavy atom. The Morgan fingerprint density at radius 3 is 3.11 bits per heavy atom. The molecule has 19 heavy (non-hydrogen) atoms. The lowest BCUT2D eigenvalue weighted by Crippen LogP contribution is -2.16. The van der Waals surface area contributed by atoms with Crippen LogP contribution in [0.4, 0.5) is 0 Å². The summed E-state index contributed by atoms with van der Waals surface area (Å²) in [6, 6.07) is 7.83. The van der Waals surface area contributed by atoms with E-state index in [1.165, 1.54) is 0 Å². The van der Waals surface area contributed by atoms with E-state index in [1.54, 1.807) is 0 Å². The van der Waals surface area contributed by atoms with E-state index >= 15 is 0 Å². The molecule has 98 valence electrons. The van der Waals surface area contributed by atoms with Gasteiger partial charge in [-0.3, -0.25) is 0 Å². The standard InChI is InChI=1S/C15H17N3O/c1-3-14-11(6-7-19-14)15-17-12-5-4-10(9-16)8-13(12)18(15)2/h4-5,8,11,14H,3,6-7H2,1-2H3. The summed E-state index contributed by atoms with van der Waals surface area (Å²) < 4.78 is 7.87. The van der Waals surface area contributed by atoms with Gasteiger partial charge in [0.2, 0.25) is 0 Å². The average molecular weight is 255 g/mol. The number of rotatable bonds is 2. The molecule has 0 saturated carbocycles. The number of hydrogen-bond donors (Lipinski definition) is 0. The zero-order valence-electron chi connectivity index (χ0n) is 11.3. The summed E-state index contributed by atoms with van der Waals surface area (Å²) in [5.74, 6) is 1.45. The van der Waals surface area contributed by atoms with Gasteiger partial charge in [0, 0.05) is 19.6 Å². The van der Waals surface area contributed by atoms with Crippen molar-refractivity contribution in [2.45, 2.75) is 31.8 Å². The van der Waals surface area contributed by atoms with Crippen LogP contribution >= 0.6 is 0 Å². The number of nitriles is 1. The minimum Gasteiger partial charge on any atom is -0.377 e. The van der Waals surface area contributed by atoms with Gasteiger partial charge in [-0.2, -0.15) is 5.26 Å². The molecule has 2 unspecified atom stereocenters. The molecule has 4 nitrogen and oxygen atoms in total. The average Bonchev–Trinajstić information content (AvgIpc) is 3.03. The molecule has 0 radical (unpaired) electrons. The van der Waals surface area contributed by atoms with Gasteiger partial charge in [0.15, 0.2) is 0 Å². The van der Waals surface area contributed by atoms with Gasteiger partial charge in [-0.15, -0.1) is 0 Å². The van der Waals surface area contributed by atoms with Gasteiger partial charge >= 0.3 is 0 Å². The van der Waals surface area contributed by atoms with Crippen LogP contribution in [0.2, 0.25) is 0 Å². The Hall–Kier alpha value is -1.86. The van der Waals surface area contributed by atoms with Gasteiger partial charge in [-0.1, -0.05) is 6.92 Å². The van der Waals surface area contributed by atoms with E-state index < -0.39 is 0 Å².